The van der Waals surface area contributed by atoms with Crippen LogP contribution >= 0.6 is 0 Å². The van der Waals surface area contributed by atoms with Gasteiger partial charge in [-0.05, 0) is 32.1 Å². The number of ether oxygens (including phenoxy) is 1. The molecule has 0 saturated carbocycles. The molecule has 2 rings (SSSR count). The van der Waals surface area contributed by atoms with Crippen molar-refractivity contribution < 1.29 is 4.74 Å². The van der Waals surface area contributed by atoms with Crippen LogP contribution in [0.4, 0.5) is 0 Å². The molecule has 1 aliphatic heterocycles. The predicted molar refractivity (Wildman–Crippen MR) is 72.4 cm³/mol. The topological polar surface area (TPSA) is 53.1 Å². The molecule has 102 valence electrons. The monoisotopic (exact) mass is 251 g/mol. The molecule has 2 unspecified atom stereocenters. The second-order valence-corrected chi connectivity index (χ2v) is 5.19. The van der Waals surface area contributed by atoms with Gasteiger partial charge in [-0.15, -0.1) is 0 Å². The third-order valence-corrected chi connectivity index (χ3v) is 3.72. The first kappa shape index (κ1) is 13.6. The first-order valence-electron chi connectivity index (χ1n) is 7.16. The zero-order valence-corrected chi connectivity index (χ0v) is 11.3. The maximum absolute atomic E-state index is 5.99. The molecular formula is C14H25N3O. The molecule has 4 nitrogen and oxygen atoms in total. The van der Waals surface area contributed by atoms with E-state index in [9.17, 15) is 0 Å². The van der Waals surface area contributed by atoms with E-state index in [1.165, 1.54) is 12.8 Å². The number of nitrogens with two attached hydrogens (primary N) is 1. The van der Waals surface area contributed by atoms with E-state index < -0.39 is 0 Å². The summed E-state index contributed by atoms with van der Waals surface area (Å²) in [7, 11) is 0. The summed E-state index contributed by atoms with van der Waals surface area (Å²) in [6, 6.07) is 0.226. The Kier molecular flexibility index (Phi) is 5.20. The van der Waals surface area contributed by atoms with E-state index in [1.54, 1.807) is 0 Å². The second kappa shape index (κ2) is 6.90. The van der Waals surface area contributed by atoms with Gasteiger partial charge in [-0.25, -0.2) is 4.98 Å². The third kappa shape index (κ3) is 3.82. The molecule has 1 saturated heterocycles. The highest BCUT2D eigenvalue weighted by Crippen LogP contribution is 2.17. The molecule has 1 aliphatic rings. The van der Waals surface area contributed by atoms with E-state index in [4.69, 9.17) is 10.5 Å². The largest absolute Gasteiger partial charge is 0.378 e. The van der Waals surface area contributed by atoms with Crippen molar-refractivity contribution in [1.82, 2.24) is 9.55 Å². The van der Waals surface area contributed by atoms with E-state index in [0.29, 0.717) is 6.10 Å². The zero-order chi connectivity index (χ0) is 12.8. The van der Waals surface area contributed by atoms with Gasteiger partial charge in [-0.2, -0.15) is 0 Å². The summed E-state index contributed by atoms with van der Waals surface area (Å²) in [5.74, 6) is 1.12. The zero-order valence-electron chi connectivity index (χ0n) is 11.3. The molecule has 0 aromatic carbocycles. The Morgan fingerprint density at radius 1 is 1.61 bits per heavy atom. The molecule has 2 atom stereocenters. The van der Waals surface area contributed by atoms with Gasteiger partial charge in [0.25, 0.3) is 0 Å². The van der Waals surface area contributed by atoms with Crippen molar-refractivity contribution in [3.05, 3.63) is 18.2 Å². The average Bonchev–Trinajstić information content (AvgIpc) is 3.01. The molecule has 2 heterocycles. The summed E-state index contributed by atoms with van der Waals surface area (Å²) in [6.07, 6.45) is 11.1. The van der Waals surface area contributed by atoms with Gasteiger partial charge in [0.2, 0.25) is 0 Å². The molecule has 0 spiro atoms. The smallest absolute Gasteiger partial charge is 0.110 e. The van der Waals surface area contributed by atoms with Crippen LogP contribution in [0.2, 0.25) is 0 Å². The van der Waals surface area contributed by atoms with Crippen LogP contribution < -0.4 is 5.73 Å². The summed E-state index contributed by atoms with van der Waals surface area (Å²) in [6.45, 7) is 4.10. The van der Waals surface area contributed by atoms with Gasteiger partial charge in [-0.3, -0.25) is 0 Å². The second-order valence-electron chi connectivity index (χ2n) is 5.19. The number of hydrogen-bond donors (Lipinski definition) is 1. The van der Waals surface area contributed by atoms with Crippen LogP contribution in [-0.4, -0.2) is 28.3 Å². The van der Waals surface area contributed by atoms with Crippen LogP contribution in [-0.2, 0) is 17.7 Å². The molecule has 2 N–H and O–H groups in total. The van der Waals surface area contributed by atoms with Crippen molar-refractivity contribution in [3.8, 4) is 0 Å². The summed E-state index contributed by atoms with van der Waals surface area (Å²) in [4.78, 5) is 4.41. The number of aryl methyl sites for hydroxylation is 1. The highest BCUT2D eigenvalue weighted by molar-refractivity contribution is 4.95. The molecule has 4 heteroatoms. The van der Waals surface area contributed by atoms with Crippen LogP contribution in [0.15, 0.2) is 12.4 Å². The lowest BCUT2D eigenvalue weighted by Gasteiger charge is -2.13. The summed E-state index contributed by atoms with van der Waals surface area (Å²) < 4.78 is 7.88. The lowest BCUT2D eigenvalue weighted by atomic mass is 10.1. The Labute approximate surface area is 110 Å². The van der Waals surface area contributed by atoms with Gasteiger partial charge in [0, 0.05) is 38.0 Å². The van der Waals surface area contributed by atoms with Gasteiger partial charge in [0.15, 0.2) is 0 Å². The SMILES string of the molecule is CCC(N)Cc1nccn1CCCC1CCCO1. The quantitative estimate of drug-likeness (QED) is 0.807. The van der Waals surface area contributed by atoms with E-state index in [-0.39, 0.29) is 6.04 Å². The highest BCUT2D eigenvalue weighted by Gasteiger charge is 2.15. The summed E-state index contributed by atoms with van der Waals surface area (Å²) >= 11 is 0. The molecule has 0 aliphatic carbocycles. The maximum Gasteiger partial charge on any atom is 0.110 e. The predicted octanol–water partition coefficient (Wildman–Crippen LogP) is 2.12. The Morgan fingerprint density at radius 3 is 3.22 bits per heavy atom. The number of nitrogens with zero attached hydrogens (tertiary/aromatic N) is 2. The van der Waals surface area contributed by atoms with E-state index in [2.05, 4.69) is 22.7 Å². The van der Waals surface area contributed by atoms with Crippen molar-refractivity contribution in [3.63, 3.8) is 0 Å². The number of hydrogen-bond acceptors (Lipinski definition) is 3. The van der Waals surface area contributed by atoms with Crippen molar-refractivity contribution in [2.45, 2.75) is 64.1 Å². The first-order chi connectivity index (χ1) is 8.79. The number of rotatable bonds is 7. The lowest BCUT2D eigenvalue weighted by Crippen LogP contribution is -2.23. The Bertz CT molecular complexity index is 345. The van der Waals surface area contributed by atoms with Gasteiger partial charge in [0.05, 0.1) is 6.10 Å². The number of imidazole rings is 1. The first-order valence-corrected chi connectivity index (χ1v) is 7.16. The Morgan fingerprint density at radius 2 is 2.50 bits per heavy atom. The minimum atomic E-state index is 0.226. The van der Waals surface area contributed by atoms with E-state index in [0.717, 1.165) is 44.7 Å². The fraction of sp³-hybridized carbons (Fsp3) is 0.786. The molecule has 0 radical (unpaired) electrons. The van der Waals surface area contributed by atoms with Crippen LogP contribution in [0.5, 0.6) is 0 Å². The van der Waals surface area contributed by atoms with Crippen molar-refractivity contribution in [1.29, 1.82) is 0 Å². The Balaban J connectivity index is 1.76. The van der Waals surface area contributed by atoms with Crippen LogP contribution in [0, 0.1) is 0 Å². The van der Waals surface area contributed by atoms with E-state index in [1.807, 2.05) is 6.20 Å². The average molecular weight is 251 g/mol. The van der Waals surface area contributed by atoms with Gasteiger partial charge < -0.3 is 15.0 Å². The number of aromatic nitrogens is 2. The molecule has 18 heavy (non-hydrogen) atoms. The maximum atomic E-state index is 5.99. The molecule has 1 aromatic rings. The van der Waals surface area contributed by atoms with E-state index >= 15 is 0 Å². The molecular weight excluding hydrogens is 226 g/mol. The summed E-state index contributed by atoms with van der Waals surface area (Å²) in [5.41, 5.74) is 5.99. The highest BCUT2D eigenvalue weighted by atomic mass is 16.5. The fourth-order valence-electron chi connectivity index (χ4n) is 2.47. The standard InChI is InChI=1S/C14H25N3O/c1-2-12(15)11-14-16-7-9-17(14)8-3-5-13-6-4-10-18-13/h7,9,12-13H,2-6,8,10-11,15H2,1H3. The molecule has 0 amide bonds. The summed E-state index contributed by atoms with van der Waals surface area (Å²) in [5, 5.41) is 0. The van der Waals surface area contributed by atoms with Crippen molar-refractivity contribution >= 4 is 0 Å². The van der Waals surface area contributed by atoms with Crippen molar-refractivity contribution in [2.24, 2.45) is 5.73 Å². The lowest BCUT2D eigenvalue weighted by molar-refractivity contribution is 0.101. The van der Waals surface area contributed by atoms with Crippen LogP contribution in [0.3, 0.4) is 0 Å². The Hall–Kier alpha value is -0.870. The molecule has 1 fully saturated rings. The van der Waals surface area contributed by atoms with Gasteiger partial charge in [-0.1, -0.05) is 6.92 Å². The normalized spacial score (nSPS) is 21.3. The molecule has 0 bridgehead atoms. The van der Waals surface area contributed by atoms with Gasteiger partial charge in [0.1, 0.15) is 5.82 Å². The minimum Gasteiger partial charge on any atom is -0.378 e. The molecule has 1 aromatic heterocycles. The third-order valence-electron chi connectivity index (χ3n) is 3.72. The van der Waals surface area contributed by atoms with Crippen molar-refractivity contribution in [2.75, 3.05) is 6.61 Å². The minimum absolute atomic E-state index is 0.226. The van der Waals surface area contributed by atoms with Crippen LogP contribution in [0.25, 0.3) is 0 Å². The fourth-order valence-corrected chi connectivity index (χ4v) is 2.47. The van der Waals surface area contributed by atoms with Crippen LogP contribution in [0.1, 0.15) is 44.9 Å². The van der Waals surface area contributed by atoms with Gasteiger partial charge >= 0.3 is 0 Å².